The van der Waals surface area contributed by atoms with Crippen LogP contribution >= 0.6 is 0 Å². The number of aliphatic hydroxyl groups excluding tert-OH is 1. The zero-order valence-corrected chi connectivity index (χ0v) is 10.3. The van der Waals surface area contributed by atoms with E-state index in [1.54, 1.807) is 0 Å². The van der Waals surface area contributed by atoms with Gasteiger partial charge in [-0.1, -0.05) is 26.7 Å². The van der Waals surface area contributed by atoms with E-state index >= 15 is 0 Å². The predicted octanol–water partition coefficient (Wildman–Crippen LogP) is 1.98. The molecule has 0 aliphatic rings. The first kappa shape index (κ1) is 14.9. The van der Waals surface area contributed by atoms with Crippen LogP contribution in [0.25, 0.3) is 0 Å². The maximum atomic E-state index is 11.0. The van der Waals surface area contributed by atoms with E-state index in [1.165, 1.54) is 0 Å². The monoisotopic (exact) mass is 238 g/mol. The molecule has 0 aromatic carbocycles. The van der Waals surface area contributed by atoms with E-state index in [0.717, 1.165) is 12.8 Å². The highest BCUT2D eigenvalue weighted by atomic mass is 32.2. The van der Waals surface area contributed by atoms with Crippen LogP contribution < -0.4 is 0 Å². The maximum Gasteiger partial charge on any atom is 0.267 e. The minimum absolute atomic E-state index is 0.341. The summed E-state index contributed by atoms with van der Waals surface area (Å²) in [5.41, 5.74) is 0. The molecule has 0 heterocycles. The van der Waals surface area contributed by atoms with Crippen LogP contribution in [0.15, 0.2) is 0 Å². The molecule has 2 N–H and O–H groups in total. The van der Waals surface area contributed by atoms with Crippen LogP contribution in [0, 0.1) is 0 Å². The lowest BCUT2D eigenvalue weighted by atomic mass is 10.1. The Morgan fingerprint density at radius 1 is 1.13 bits per heavy atom. The zero-order chi connectivity index (χ0) is 11.9. The first-order valence-corrected chi connectivity index (χ1v) is 7.06. The summed E-state index contributed by atoms with van der Waals surface area (Å²) < 4.78 is 31.0. The van der Waals surface area contributed by atoms with Gasteiger partial charge in [-0.3, -0.25) is 4.55 Å². The van der Waals surface area contributed by atoms with Gasteiger partial charge in [0.05, 0.1) is 11.4 Å². The smallest absolute Gasteiger partial charge is 0.267 e. The largest absolute Gasteiger partial charge is 0.393 e. The van der Waals surface area contributed by atoms with Crippen molar-refractivity contribution in [2.24, 2.45) is 0 Å². The van der Waals surface area contributed by atoms with Crippen molar-refractivity contribution >= 4 is 10.1 Å². The summed E-state index contributed by atoms with van der Waals surface area (Å²) in [6.45, 7) is 3.82. The number of aliphatic hydroxyl groups is 1. The Balaban J connectivity index is 4.14. The minimum Gasteiger partial charge on any atom is -0.393 e. The summed E-state index contributed by atoms with van der Waals surface area (Å²) in [5.74, 6) is 0. The minimum atomic E-state index is -3.95. The Labute approximate surface area is 92.4 Å². The summed E-state index contributed by atoms with van der Waals surface area (Å²) in [6, 6.07) is 0. The maximum absolute atomic E-state index is 11.0. The molecular formula is C10H22O4S. The number of unbranched alkanes of at least 4 members (excludes halogenated alkanes) is 1. The highest BCUT2D eigenvalue weighted by Gasteiger charge is 2.22. The van der Waals surface area contributed by atoms with E-state index < -0.39 is 21.5 Å². The Morgan fingerprint density at radius 2 is 1.73 bits per heavy atom. The van der Waals surface area contributed by atoms with Crippen LogP contribution in [0.1, 0.15) is 52.4 Å². The average Bonchev–Trinajstić information content (AvgIpc) is 2.15. The molecule has 0 radical (unpaired) electrons. The summed E-state index contributed by atoms with van der Waals surface area (Å²) in [6.07, 6.45) is 3.10. The molecule has 0 aliphatic heterocycles. The molecule has 0 aromatic heterocycles. The van der Waals surface area contributed by atoms with Crippen LogP contribution in [-0.2, 0) is 10.1 Å². The van der Waals surface area contributed by atoms with Gasteiger partial charge in [-0.15, -0.1) is 0 Å². The molecule has 0 saturated carbocycles. The van der Waals surface area contributed by atoms with E-state index in [9.17, 15) is 13.5 Å². The average molecular weight is 238 g/mol. The van der Waals surface area contributed by atoms with Gasteiger partial charge in [-0.25, -0.2) is 0 Å². The zero-order valence-electron chi connectivity index (χ0n) is 9.52. The van der Waals surface area contributed by atoms with Crippen LogP contribution in [0.4, 0.5) is 0 Å². The molecule has 0 bridgehead atoms. The van der Waals surface area contributed by atoms with Gasteiger partial charge < -0.3 is 5.11 Å². The van der Waals surface area contributed by atoms with Crippen LogP contribution in [0.5, 0.6) is 0 Å². The number of rotatable bonds is 8. The molecule has 15 heavy (non-hydrogen) atoms. The second-order valence-corrected chi connectivity index (χ2v) is 5.62. The van der Waals surface area contributed by atoms with Crippen LogP contribution in [-0.4, -0.2) is 29.4 Å². The van der Waals surface area contributed by atoms with E-state index in [4.69, 9.17) is 4.55 Å². The Hall–Kier alpha value is -0.130. The van der Waals surface area contributed by atoms with Gasteiger partial charge in [-0.2, -0.15) is 8.42 Å². The second kappa shape index (κ2) is 7.19. The van der Waals surface area contributed by atoms with Crippen molar-refractivity contribution in [3.05, 3.63) is 0 Å². The molecule has 0 aliphatic carbocycles. The van der Waals surface area contributed by atoms with Gasteiger partial charge in [0.1, 0.15) is 0 Å². The van der Waals surface area contributed by atoms with Gasteiger partial charge in [0.25, 0.3) is 10.1 Å². The fraction of sp³-hybridized carbons (Fsp3) is 1.00. The lowest BCUT2D eigenvalue weighted by molar-refractivity contribution is 0.156. The van der Waals surface area contributed by atoms with Crippen molar-refractivity contribution in [2.45, 2.75) is 63.7 Å². The Bertz CT molecular complexity index is 248. The van der Waals surface area contributed by atoms with Gasteiger partial charge in [0.15, 0.2) is 0 Å². The molecule has 4 nitrogen and oxygen atoms in total. The third kappa shape index (κ3) is 6.87. The third-order valence-corrected chi connectivity index (χ3v) is 3.91. The Kier molecular flexibility index (Phi) is 7.13. The highest BCUT2D eigenvalue weighted by Crippen LogP contribution is 2.16. The molecule has 2 unspecified atom stereocenters. The fourth-order valence-corrected chi connectivity index (χ4v) is 2.35. The van der Waals surface area contributed by atoms with E-state index in [1.807, 2.05) is 13.8 Å². The van der Waals surface area contributed by atoms with E-state index in [2.05, 4.69) is 0 Å². The number of hydrogen-bond acceptors (Lipinski definition) is 3. The molecule has 0 fully saturated rings. The lowest BCUT2D eigenvalue weighted by Crippen LogP contribution is -2.22. The standard InChI is InChI=1S/C10H22O4S/c1-3-5-6-10(15(12,13)14)8-7-9(11)4-2/h9-11H,3-8H2,1-2H3,(H,12,13,14). The molecule has 2 atom stereocenters. The molecule has 0 spiro atoms. The summed E-state index contributed by atoms with van der Waals surface area (Å²) >= 11 is 0. The summed E-state index contributed by atoms with van der Waals surface area (Å²) in [7, 11) is -3.95. The van der Waals surface area contributed by atoms with Crippen molar-refractivity contribution in [3.8, 4) is 0 Å². The number of hydrogen-bond donors (Lipinski definition) is 2. The quantitative estimate of drug-likeness (QED) is 0.634. The van der Waals surface area contributed by atoms with Gasteiger partial charge >= 0.3 is 0 Å². The third-order valence-electron chi connectivity index (χ3n) is 2.59. The van der Waals surface area contributed by atoms with Crippen molar-refractivity contribution < 1.29 is 18.1 Å². The fourth-order valence-electron chi connectivity index (χ4n) is 1.46. The molecule has 92 valence electrons. The van der Waals surface area contributed by atoms with Gasteiger partial charge in [0, 0.05) is 0 Å². The molecule has 0 aromatic rings. The van der Waals surface area contributed by atoms with Crippen molar-refractivity contribution in [3.63, 3.8) is 0 Å². The Morgan fingerprint density at radius 3 is 2.13 bits per heavy atom. The molecular weight excluding hydrogens is 216 g/mol. The second-order valence-electron chi connectivity index (χ2n) is 3.92. The molecule has 0 saturated heterocycles. The van der Waals surface area contributed by atoms with Gasteiger partial charge in [0.2, 0.25) is 0 Å². The van der Waals surface area contributed by atoms with Gasteiger partial charge in [-0.05, 0) is 25.7 Å². The lowest BCUT2D eigenvalue weighted by Gasteiger charge is -2.15. The van der Waals surface area contributed by atoms with Crippen LogP contribution in [0.3, 0.4) is 0 Å². The molecule has 0 rings (SSSR count). The van der Waals surface area contributed by atoms with Crippen molar-refractivity contribution in [1.82, 2.24) is 0 Å². The predicted molar refractivity (Wildman–Crippen MR) is 60.4 cm³/mol. The van der Waals surface area contributed by atoms with Crippen molar-refractivity contribution in [1.29, 1.82) is 0 Å². The molecule has 5 heteroatoms. The summed E-state index contributed by atoms with van der Waals surface area (Å²) in [4.78, 5) is 0. The van der Waals surface area contributed by atoms with Crippen molar-refractivity contribution in [2.75, 3.05) is 0 Å². The molecule has 0 amide bonds. The first-order valence-electron chi connectivity index (χ1n) is 5.56. The SMILES string of the molecule is CCCCC(CCC(O)CC)S(=O)(=O)O. The topological polar surface area (TPSA) is 74.6 Å². The van der Waals surface area contributed by atoms with E-state index in [0.29, 0.717) is 25.7 Å². The van der Waals surface area contributed by atoms with Crippen LogP contribution in [0.2, 0.25) is 0 Å². The van der Waals surface area contributed by atoms with E-state index in [-0.39, 0.29) is 0 Å². The first-order chi connectivity index (χ1) is 6.91. The summed E-state index contributed by atoms with van der Waals surface area (Å²) in [5, 5.41) is 8.61. The normalized spacial score (nSPS) is 16.3. The highest BCUT2D eigenvalue weighted by molar-refractivity contribution is 7.86.